The molecular formula is C20H28N2O. The summed E-state index contributed by atoms with van der Waals surface area (Å²) in [5.74, 6) is 0.158. The van der Waals surface area contributed by atoms with Gasteiger partial charge < -0.3 is 9.88 Å². The van der Waals surface area contributed by atoms with E-state index in [1.165, 1.54) is 48.9 Å². The molecule has 1 atom stereocenters. The number of nitrogens with zero attached hydrogens (tertiary/aromatic N) is 1. The van der Waals surface area contributed by atoms with E-state index in [4.69, 9.17) is 0 Å². The smallest absolute Gasteiger partial charge is 0.161 e. The minimum atomic E-state index is 0.158. The Labute approximate surface area is 139 Å². The van der Waals surface area contributed by atoms with E-state index in [1.807, 2.05) is 6.20 Å². The number of ketones is 1. The number of benzene rings is 1. The van der Waals surface area contributed by atoms with Gasteiger partial charge in [0, 0.05) is 28.7 Å². The molecule has 1 aliphatic rings. The molecule has 0 fully saturated rings. The van der Waals surface area contributed by atoms with E-state index in [0.29, 0.717) is 6.04 Å². The molecule has 2 aromatic rings. The van der Waals surface area contributed by atoms with Crippen LogP contribution in [0.5, 0.6) is 0 Å². The molecule has 3 nitrogen and oxygen atoms in total. The van der Waals surface area contributed by atoms with Crippen LogP contribution >= 0.6 is 0 Å². The summed E-state index contributed by atoms with van der Waals surface area (Å²) in [6, 6.07) is 5.00. The molecule has 124 valence electrons. The lowest BCUT2D eigenvalue weighted by Gasteiger charge is -2.35. The average Bonchev–Trinajstić information content (AvgIpc) is 2.99. The van der Waals surface area contributed by atoms with Crippen molar-refractivity contribution >= 4 is 16.7 Å². The quantitative estimate of drug-likeness (QED) is 0.805. The van der Waals surface area contributed by atoms with Gasteiger partial charge in [0.25, 0.3) is 0 Å². The van der Waals surface area contributed by atoms with E-state index in [-0.39, 0.29) is 5.78 Å². The third-order valence-corrected chi connectivity index (χ3v) is 5.16. The fourth-order valence-corrected chi connectivity index (χ4v) is 4.11. The van der Waals surface area contributed by atoms with E-state index in [0.717, 1.165) is 23.9 Å². The van der Waals surface area contributed by atoms with Crippen molar-refractivity contribution in [2.24, 2.45) is 0 Å². The Morgan fingerprint density at radius 3 is 2.65 bits per heavy atom. The number of carbonyl (C=O) groups excluding carboxylic acids is 1. The number of hydrogen-bond acceptors (Lipinski definition) is 2. The lowest BCUT2D eigenvalue weighted by Crippen LogP contribution is -2.40. The predicted octanol–water partition coefficient (Wildman–Crippen LogP) is 4.35. The molecule has 0 saturated carbocycles. The van der Waals surface area contributed by atoms with E-state index in [1.54, 1.807) is 6.92 Å². The second-order valence-electron chi connectivity index (χ2n) is 6.82. The highest BCUT2D eigenvalue weighted by molar-refractivity contribution is 6.08. The first-order chi connectivity index (χ1) is 11.2. The summed E-state index contributed by atoms with van der Waals surface area (Å²) in [6.45, 7) is 8.55. The molecule has 1 N–H and O–H groups in total. The lowest BCUT2D eigenvalue weighted by atomic mass is 9.84. The number of nitrogens with one attached hydrogen (secondary N) is 1. The van der Waals surface area contributed by atoms with Crippen molar-refractivity contribution in [1.29, 1.82) is 0 Å². The second kappa shape index (κ2) is 6.88. The third kappa shape index (κ3) is 3.07. The first kappa shape index (κ1) is 16.3. The summed E-state index contributed by atoms with van der Waals surface area (Å²) in [5.41, 5.74) is 4.80. The predicted molar refractivity (Wildman–Crippen MR) is 96.3 cm³/mol. The van der Waals surface area contributed by atoms with Gasteiger partial charge in [-0.25, -0.2) is 0 Å². The van der Waals surface area contributed by atoms with Crippen LogP contribution in [0.3, 0.4) is 0 Å². The minimum Gasteiger partial charge on any atom is -0.360 e. The number of aromatic nitrogens is 1. The number of hydrogen-bond donors (Lipinski definition) is 1. The van der Waals surface area contributed by atoms with E-state index >= 15 is 0 Å². The van der Waals surface area contributed by atoms with Gasteiger partial charge in [0.15, 0.2) is 5.78 Å². The van der Waals surface area contributed by atoms with Gasteiger partial charge in [-0.2, -0.15) is 0 Å². The van der Waals surface area contributed by atoms with Crippen LogP contribution in [0, 0.1) is 0 Å². The molecule has 0 aliphatic heterocycles. The van der Waals surface area contributed by atoms with Gasteiger partial charge in [0.05, 0.1) is 0 Å². The van der Waals surface area contributed by atoms with Gasteiger partial charge >= 0.3 is 0 Å². The largest absolute Gasteiger partial charge is 0.360 e. The number of Topliss-reactive ketones (excluding diaryl/α,β-unsaturated/α-hetero) is 1. The van der Waals surface area contributed by atoms with Crippen LogP contribution in [0.4, 0.5) is 0 Å². The van der Waals surface area contributed by atoms with Crippen molar-refractivity contribution in [1.82, 2.24) is 9.88 Å². The summed E-state index contributed by atoms with van der Waals surface area (Å²) >= 11 is 0. The highest BCUT2D eigenvalue weighted by Gasteiger charge is 2.26. The molecule has 0 unspecified atom stereocenters. The summed E-state index contributed by atoms with van der Waals surface area (Å²) in [6.07, 6.45) is 7.73. The van der Waals surface area contributed by atoms with Gasteiger partial charge in [0.1, 0.15) is 0 Å². The van der Waals surface area contributed by atoms with Crippen LogP contribution in [0.1, 0.15) is 61.5 Å². The van der Waals surface area contributed by atoms with Crippen molar-refractivity contribution in [3.05, 3.63) is 35.0 Å². The number of carbonyl (C=O) groups is 1. The molecule has 3 rings (SSSR count). The Balaban J connectivity index is 1.99. The summed E-state index contributed by atoms with van der Waals surface area (Å²) < 4.78 is 0. The fourth-order valence-electron chi connectivity index (χ4n) is 4.11. The van der Waals surface area contributed by atoms with Gasteiger partial charge in [-0.05, 0) is 69.3 Å². The molecule has 1 aromatic heterocycles. The molecule has 0 spiro atoms. The number of rotatable bonds is 6. The first-order valence-corrected chi connectivity index (χ1v) is 9.02. The van der Waals surface area contributed by atoms with Crippen LogP contribution in [0.15, 0.2) is 18.3 Å². The van der Waals surface area contributed by atoms with E-state index in [9.17, 15) is 4.79 Å². The number of aryl methyl sites for hydroxylation is 1. The number of fused-ring (bicyclic) bond motifs is 3. The molecule has 0 saturated heterocycles. The zero-order valence-electron chi connectivity index (χ0n) is 14.6. The standard InChI is InChI=1S/C20H28N2O/c1-4-10-22(11-5-2)16-8-6-15-7-9-19-20(17(15)12-16)18(13-21-19)14(3)23/h7,9,13,16,21H,4-6,8,10-12H2,1-3H3/t16-/m0/s1. The van der Waals surface area contributed by atoms with Gasteiger partial charge in [-0.1, -0.05) is 19.9 Å². The van der Waals surface area contributed by atoms with Crippen LogP contribution in [-0.2, 0) is 12.8 Å². The Hall–Kier alpha value is -1.61. The molecular weight excluding hydrogens is 284 g/mol. The molecule has 1 heterocycles. The third-order valence-electron chi connectivity index (χ3n) is 5.16. The summed E-state index contributed by atoms with van der Waals surface area (Å²) in [7, 11) is 0. The van der Waals surface area contributed by atoms with E-state index in [2.05, 4.69) is 35.9 Å². The molecule has 23 heavy (non-hydrogen) atoms. The van der Waals surface area contributed by atoms with Crippen molar-refractivity contribution in [3.8, 4) is 0 Å². The van der Waals surface area contributed by atoms with Crippen molar-refractivity contribution in [2.75, 3.05) is 13.1 Å². The normalized spacial score (nSPS) is 17.7. The van der Waals surface area contributed by atoms with Crippen LogP contribution in [0.2, 0.25) is 0 Å². The highest BCUT2D eigenvalue weighted by Crippen LogP contribution is 2.33. The van der Waals surface area contributed by atoms with Crippen LogP contribution in [0.25, 0.3) is 10.9 Å². The number of H-pyrrole nitrogens is 1. The Morgan fingerprint density at radius 1 is 1.26 bits per heavy atom. The van der Waals surface area contributed by atoms with Gasteiger partial charge in [-0.15, -0.1) is 0 Å². The maximum atomic E-state index is 12.0. The Morgan fingerprint density at radius 2 is 2.00 bits per heavy atom. The average molecular weight is 312 g/mol. The monoisotopic (exact) mass is 312 g/mol. The Kier molecular flexibility index (Phi) is 4.86. The van der Waals surface area contributed by atoms with Crippen molar-refractivity contribution in [3.63, 3.8) is 0 Å². The summed E-state index contributed by atoms with van der Waals surface area (Å²) in [5, 5.41) is 1.17. The minimum absolute atomic E-state index is 0.158. The molecule has 1 aromatic carbocycles. The van der Waals surface area contributed by atoms with E-state index < -0.39 is 0 Å². The fraction of sp³-hybridized carbons (Fsp3) is 0.550. The number of aromatic amines is 1. The molecule has 1 aliphatic carbocycles. The Bertz CT molecular complexity index is 695. The lowest BCUT2D eigenvalue weighted by molar-refractivity contribution is 0.101. The molecule has 3 heteroatoms. The maximum absolute atomic E-state index is 12.0. The highest BCUT2D eigenvalue weighted by atomic mass is 16.1. The van der Waals surface area contributed by atoms with Crippen LogP contribution in [-0.4, -0.2) is 34.8 Å². The topological polar surface area (TPSA) is 36.1 Å². The maximum Gasteiger partial charge on any atom is 0.161 e. The SMILES string of the molecule is CCCN(CCC)[C@H]1CCc2ccc3[nH]cc(C(C)=O)c3c2C1. The molecule has 0 radical (unpaired) electrons. The van der Waals surface area contributed by atoms with Crippen molar-refractivity contribution < 1.29 is 4.79 Å². The van der Waals surface area contributed by atoms with Gasteiger partial charge in [0.2, 0.25) is 0 Å². The van der Waals surface area contributed by atoms with Crippen molar-refractivity contribution in [2.45, 2.75) is 58.9 Å². The second-order valence-corrected chi connectivity index (χ2v) is 6.82. The molecule has 0 bridgehead atoms. The molecule has 0 amide bonds. The summed E-state index contributed by atoms with van der Waals surface area (Å²) in [4.78, 5) is 17.9. The van der Waals surface area contributed by atoms with Crippen LogP contribution < -0.4 is 0 Å². The first-order valence-electron chi connectivity index (χ1n) is 9.02. The zero-order valence-corrected chi connectivity index (χ0v) is 14.6. The van der Waals surface area contributed by atoms with Gasteiger partial charge in [-0.3, -0.25) is 4.79 Å². The zero-order chi connectivity index (χ0) is 16.4.